The Morgan fingerprint density at radius 2 is 1.88 bits per heavy atom. The van der Waals surface area contributed by atoms with Crippen molar-refractivity contribution in [3.8, 4) is 0 Å². The molecule has 2 rings (SSSR count). The Bertz CT molecular complexity index is 400. The van der Waals surface area contributed by atoms with Crippen LogP contribution in [0.3, 0.4) is 0 Å². The van der Waals surface area contributed by atoms with Gasteiger partial charge in [-0.2, -0.15) is 0 Å². The third-order valence-electron chi connectivity index (χ3n) is 3.01. The monoisotopic (exact) mass is 253 g/mol. The predicted octanol–water partition coefficient (Wildman–Crippen LogP) is 0.229. The molecule has 6 heteroatoms. The summed E-state index contributed by atoms with van der Waals surface area (Å²) in [5, 5.41) is 2.66. The molecule has 0 unspecified atom stereocenters. The fourth-order valence-corrected chi connectivity index (χ4v) is 2.14. The van der Waals surface area contributed by atoms with Crippen LogP contribution in [0.25, 0.3) is 0 Å². The van der Waals surface area contributed by atoms with Gasteiger partial charge in [0.25, 0.3) is 11.8 Å². The minimum atomic E-state index is -0.399. The molecule has 2 amide bonds. The SMILES string of the molecule is CN1C(=O)/C(=C\N2CCCCC2)C(=O)NC1=S. The first kappa shape index (κ1) is 12.0. The van der Waals surface area contributed by atoms with Crippen LogP contribution in [0.5, 0.6) is 0 Å². The minimum absolute atomic E-state index is 0.163. The first-order chi connectivity index (χ1) is 8.09. The van der Waals surface area contributed by atoms with Crippen molar-refractivity contribution in [2.24, 2.45) is 0 Å². The van der Waals surface area contributed by atoms with Gasteiger partial charge in [-0.1, -0.05) is 0 Å². The Hall–Kier alpha value is -1.43. The van der Waals surface area contributed by atoms with Crippen LogP contribution in [0.4, 0.5) is 0 Å². The molecule has 17 heavy (non-hydrogen) atoms. The van der Waals surface area contributed by atoms with E-state index in [9.17, 15) is 9.59 Å². The molecule has 0 atom stereocenters. The number of carbonyl (C=O) groups is 2. The molecule has 0 aliphatic carbocycles. The molecule has 0 radical (unpaired) electrons. The van der Waals surface area contributed by atoms with Crippen LogP contribution in [0.1, 0.15) is 19.3 Å². The number of likely N-dealkylation sites (tertiary alicyclic amines) is 1. The summed E-state index contributed by atoms with van der Waals surface area (Å²) in [6.07, 6.45) is 5.08. The number of nitrogens with one attached hydrogen (secondary N) is 1. The van der Waals surface area contributed by atoms with Gasteiger partial charge < -0.3 is 4.90 Å². The average molecular weight is 253 g/mol. The summed E-state index contributed by atoms with van der Waals surface area (Å²) in [5.41, 5.74) is 0.169. The summed E-state index contributed by atoms with van der Waals surface area (Å²) in [6.45, 7) is 1.80. The van der Waals surface area contributed by atoms with Crippen molar-refractivity contribution in [3.05, 3.63) is 11.8 Å². The number of hydrogen-bond donors (Lipinski definition) is 1. The molecule has 2 heterocycles. The molecule has 0 saturated carbocycles. The van der Waals surface area contributed by atoms with Gasteiger partial charge in [0.2, 0.25) is 0 Å². The molecule has 5 nitrogen and oxygen atoms in total. The van der Waals surface area contributed by atoms with Gasteiger partial charge in [0.1, 0.15) is 5.57 Å². The van der Waals surface area contributed by atoms with Gasteiger partial charge >= 0.3 is 0 Å². The van der Waals surface area contributed by atoms with Crippen LogP contribution in [-0.2, 0) is 9.59 Å². The third-order valence-corrected chi connectivity index (χ3v) is 3.38. The van der Waals surface area contributed by atoms with Gasteiger partial charge in [-0.15, -0.1) is 0 Å². The molecule has 0 aromatic heterocycles. The van der Waals surface area contributed by atoms with Crippen molar-refractivity contribution < 1.29 is 9.59 Å². The van der Waals surface area contributed by atoms with Crippen molar-refractivity contribution in [1.82, 2.24) is 15.1 Å². The van der Waals surface area contributed by atoms with Crippen LogP contribution in [0.15, 0.2) is 11.8 Å². The number of amides is 2. The van der Waals surface area contributed by atoms with E-state index < -0.39 is 5.91 Å². The second-order valence-corrected chi connectivity index (χ2v) is 4.65. The van der Waals surface area contributed by atoms with E-state index in [2.05, 4.69) is 5.32 Å². The van der Waals surface area contributed by atoms with E-state index in [4.69, 9.17) is 12.2 Å². The summed E-state index contributed by atoms with van der Waals surface area (Å²) in [4.78, 5) is 26.9. The number of likely N-dealkylation sites (N-methyl/N-ethyl adjacent to an activating group) is 1. The lowest BCUT2D eigenvalue weighted by molar-refractivity contribution is -0.128. The molecule has 2 saturated heterocycles. The smallest absolute Gasteiger partial charge is 0.266 e. The van der Waals surface area contributed by atoms with E-state index in [0.29, 0.717) is 0 Å². The topological polar surface area (TPSA) is 52.7 Å². The van der Waals surface area contributed by atoms with Gasteiger partial charge in [0.05, 0.1) is 0 Å². The molecule has 2 aliphatic heterocycles. The molecular formula is C11H15N3O2S. The zero-order valence-corrected chi connectivity index (χ0v) is 10.5. The van der Waals surface area contributed by atoms with Crippen LogP contribution in [0.2, 0.25) is 0 Å². The van der Waals surface area contributed by atoms with E-state index in [1.165, 1.54) is 11.3 Å². The number of rotatable bonds is 1. The Morgan fingerprint density at radius 3 is 2.53 bits per heavy atom. The lowest BCUT2D eigenvalue weighted by Gasteiger charge is -2.29. The van der Waals surface area contributed by atoms with Crippen LogP contribution < -0.4 is 5.32 Å². The molecule has 0 spiro atoms. The fourth-order valence-electron chi connectivity index (χ4n) is 1.96. The second kappa shape index (κ2) is 4.83. The molecule has 0 bridgehead atoms. The van der Waals surface area contributed by atoms with Gasteiger partial charge in [-0.3, -0.25) is 19.8 Å². The Labute approximate surface area is 105 Å². The van der Waals surface area contributed by atoms with E-state index in [0.717, 1.165) is 25.9 Å². The summed E-state index contributed by atoms with van der Waals surface area (Å²) in [5.74, 6) is -0.729. The number of carbonyl (C=O) groups excluding carboxylic acids is 2. The normalized spacial score (nSPS) is 24.3. The van der Waals surface area contributed by atoms with E-state index >= 15 is 0 Å². The maximum absolute atomic E-state index is 11.9. The molecule has 2 fully saturated rings. The zero-order chi connectivity index (χ0) is 12.4. The lowest BCUT2D eigenvalue weighted by Crippen LogP contribution is -2.52. The maximum atomic E-state index is 11.9. The number of thiocarbonyl (C=S) groups is 1. The van der Waals surface area contributed by atoms with Gasteiger partial charge in [-0.25, -0.2) is 0 Å². The van der Waals surface area contributed by atoms with Gasteiger partial charge in [0, 0.05) is 26.3 Å². The third kappa shape index (κ3) is 2.46. The minimum Gasteiger partial charge on any atom is -0.377 e. The summed E-state index contributed by atoms with van der Waals surface area (Å²) >= 11 is 4.87. The van der Waals surface area contributed by atoms with E-state index in [1.807, 2.05) is 4.90 Å². The maximum Gasteiger partial charge on any atom is 0.266 e. The molecule has 0 aromatic rings. The van der Waals surface area contributed by atoms with Gasteiger partial charge in [-0.05, 0) is 31.5 Å². The van der Waals surface area contributed by atoms with E-state index in [-0.39, 0.29) is 16.6 Å². The summed E-state index contributed by atoms with van der Waals surface area (Å²) in [6, 6.07) is 0. The van der Waals surface area contributed by atoms with Crippen LogP contribution >= 0.6 is 12.2 Å². The molecule has 1 N–H and O–H groups in total. The van der Waals surface area contributed by atoms with Crippen LogP contribution in [-0.4, -0.2) is 46.9 Å². The van der Waals surface area contributed by atoms with Crippen LogP contribution in [0, 0.1) is 0 Å². The summed E-state index contributed by atoms with van der Waals surface area (Å²) in [7, 11) is 1.56. The molecule has 2 aliphatic rings. The van der Waals surface area contributed by atoms with Crippen molar-refractivity contribution in [3.63, 3.8) is 0 Å². The highest BCUT2D eigenvalue weighted by Gasteiger charge is 2.31. The quantitative estimate of drug-likeness (QED) is 0.413. The Morgan fingerprint density at radius 1 is 1.24 bits per heavy atom. The summed E-state index contributed by atoms with van der Waals surface area (Å²) < 4.78 is 0. The van der Waals surface area contributed by atoms with Crippen molar-refractivity contribution >= 4 is 29.1 Å². The highest BCUT2D eigenvalue weighted by Crippen LogP contribution is 2.13. The second-order valence-electron chi connectivity index (χ2n) is 4.26. The molecular weight excluding hydrogens is 238 g/mol. The fraction of sp³-hybridized carbons (Fsp3) is 0.545. The van der Waals surface area contributed by atoms with Crippen molar-refractivity contribution in [1.29, 1.82) is 0 Å². The molecule has 0 aromatic carbocycles. The zero-order valence-electron chi connectivity index (χ0n) is 9.73. The first-order valence-corrected chi connectivity index (χ1v) is 6.09. The molecule has 92 valence electrons. The largest absolute Gasteiger partial charge is 0.377 e. The van der Waals surface area contributed by atoms with Crippen molar-refractivity contribution in [2.45, 2.75) is 19.3 Å². The standard InChI is InChI=1S/C11H15N3O2S/c1-13-10(16)8(9(15)12-11(13)17)7-14-5-3-2-4-6-14/h7H,2-6H2,1H3,(H,12,15,17)/b8-7-. The highest BCUT2D eigenvalue weighted by molar-refractivity contribution is 7.80. The first-order valence-electron chi connectivity index (χ1n) is 5.69. The van der Waals surface area contributed by atoms with E-state index in [1.54, 1.807) is 13.2 Å². The number of nitrogens with zero attached hydrogens (tertiary/aromatic N) is 2. The van der Waals surface area contributed by atoms with Crippen molar-refractivity contribution in [2.75, 3.05) is 20.1 Å². The highest BCUT2D eigenvalue weighted by atomic mass is 32.1. The Kier molecular flexibility index (Phi) is 3.42. The number of piperidine rings is 1. The predicted molar refractivity (Wildman–Crippen MR) is 67.0 cm³/mol. The number of hydrogen-bond acceptors (Lipinski definition) is 4. The average Bonchev–Trinajstić information content (AvgIpc) is 2.33. The van der Waals surface area contributed by atoms with Gasteiger partial charge in [0.15, 0.2) is 5.11 Å². The lowest BCUT2D eigenvalue weighted by atomic mass is 10.1. The Balaban J connectivity index is 2.17.